The molecule has 0 aliphatic rings. The maximum atomic E-state index is 11.4. The molecule has 1 aromatic rings. The van der Waals surface area contributed by atoms with Crippen molar-refractivity contribution in [2.24, 2.45) is 0 Å². The smallest absolute Gasteiger partial charge is 0.266 e. The monoisotopic (exact) mass is 339 g/mol. The van der Waals surface area contributed by atoms with Gasteiger partial charge in [-0.1, -0.05) is 0 Å². The van der Waals surface area contributed by atoms with Gasteiger partial charge in [-0.3, -0.25) is 4.79 Å². The highest BCUT2D eigenvalue weighted by Crippen LogP contribution is 2.14. The number of rotatable bonds is 6. The molecule has 1 heterocycles. The van der Waals surface area contributed by atoms with Gasteiger partial charge < -0.3 is 19.7 Å². The Kier molecular flexibility index (Phi) is 5.71. The lowest BCUT2D eigenvalue weighted by Crippen LogP contribution is -2.33. The molecule has 0 bridgehead atoms. The van der Waals surface area contributed by atoms with E-state index in [2.05, 4.69) is 9.97 Å². The lowest BCUT2D eigenvalue weighted by atomic mass is 10.4. The van der Waals surface area contributed by atoms with Crippen LogP contribution in [0.1, 0.15) is 0 Å². The number of nitrogens with zero attached hydrogens (tertiary/aromatic N) is 2. The van der Waals surface area contributed by atoms with Crippen LogP contribution in [-0.2, 0) is 4.74 Å². The molecule has 0 saturated carbocycles. The molecule has 0 fully saturated rings. The Hall–Kier alpha value is -0.670. The summed E-state index contributed by atoms with van der Waals surface area (Å²) in [7, 11) is 1.60. The molecule has 7 heteroatoms. The first kappa shape index (κ1) is 13.4. The molecule has 0 atom stereocenters. The minimum absolute atomic E-state index is 0.00821. The third-order valence-corrected chi connectivity index (χ3v) is 2.99. The second kappa shape index (κ2) is 6.81. The molecule has 6 nitrogen and oxygen atoms in total. The number of nitrogens with one attached hydrogen (secondary N) is 1. The molecule has 90 valence electrons. The third-order valence-electron chi connectivity index (χ3n) is 2.01. The third kappa shape index (κ3) is 3.42. The largest absolute Gasteiger partial charge is 0.395 e. The van der Waals surface area contributed by atoms with Gasteiger partial charge in [0, 0.05) is 20.2 Å². The maximum absolute atomic E-state index is 11.4. The number of H-pyrrole nitrogens is 1. The van der Waals surface area contributed by atoms with Gasteiger partial charge in [0.2, 0.25) is 0 Å². The van der Waals surface area contributed by atoms with E-state index >= 15 is 0 Å². The van der Waals surface area contributed by atoms with E-state index in [1.54, 1.807) is 7.11 Å². The van der Waals surface area contributed by atoms with Crippen LogP contribution >= 0.6 is 22.6 Å². The van der Waals surface area contributed by atoms with Gasteiger partial charge in [-0.05, 0) is 22.6 Å². The first-order chi connectivity index (χ1) is 7.70. The van der Waals surface area contributed by atoms with Gasteiger partial charge in [-0.2, -0.15) is 0 Å². The van der Waals surface area contributed by atoms with E-state index in [1.807, 2.05) is 27.5 Å². The number of ether oxygens (including phenoxy) is 1. The molecule has 0 unspecified atom stereocenters. The Morgan fingerprint density at radius 2 is 2.38 bits per heavy atom. The van der Waals surface area contributed by atoms with E-state index in [4.69, 9.17) is 9.84 Å². The molecular weight excluding hydrogens is 325 g/mol. The van der Waals surface area contributed by atoms with E-state index < -0.39 is 0 Å². The molecule has 2 N–H and O–H groups in total. The summed E-state index contributed by atoms with van der Waals surface area (Å²) in [5.74, 6) is 0.579. The van der Waals surface area contributed by atoms with Crippen molar-refractivity contribution in [2.75, 3.05) is 38.3 Å². The van der Waals surface area contributed by atoms with Gasteiger partial charge >= 0.3 is 0 Å². The van der Waals surface area contributed by atoms with Crippen molar-refractivity contribution >= 4 is 28.4 Å². The van der Waals surface area contributed by atoms with Crippen LogP contribution in [-0.4, -0.2) is 48.5 Å². The molecule has 0 amide bonds. The highest BCUT2D eigenvalue weighted by Gasteiger charge is 2.13. The molecular formula is C9H14IN3O3. The van der Waals surface area contributed by atoms with Gasteiger partial charge in [-0.15, -0.1) is 0 Å². The van der Waals surface area contributed by atoms with E-state index in [9.17, 15) is 4.79 Å². The Labute approximate surface area is 107 Å². The molecule has 0 spiro atoms. The van der Waals surface area contributed by atoms with Crippen LogP contribution in [0.3, 0.4) is 0 Å². The number of aromatic nitrogens is 2. The molecule has 16 heavy (non-hydrogen) atoms. The maximum Gasteiger partial charge on any atom is 0.266 e. The Morgan fingerprint density at radius 1 is 1.62 bits per heavy atom. The number of hydrogen-bond donors (Lipinski definition) is 2. The highest BCUT2D eigenvalue weighted by atomic mass is 127. The van der Waals surface area contributed by atoms with E-state index in [-0.39, 0.29) is 12.2 Å². The van der Waals surface area contributed by atoms with Gasteiger partial charge in [0.25, 0.3) is 5.56 Å². The van der Waals surface area contributed by atoms with Crippen LogP contribution in [0.25, 0.3) is 0 Å². The van der Waals surface area contributed by atoms with Crippen molar-refractivity contribution in [3.63, 3.8) is 0 Å². The Bertz CT molecular complexity index is 383. The molecule has 0 aliphatic carbocycles. The number of aliphatic hydroxyl groups excluding tert-OH is 1. The lowest BCUT2D eigenvalue weighted by Gasteiger charge is -2.22. The van der Waals surface area contributed by atoms with E-state index in [0.29, 0.717) is 29.1 Å². The Balaban J connectivity index is 2.91. The second-order valence-electron chi connectivity index (χ2n) is 3.07. The molecule has 0 radical (unpaired) electrons. The van der Waals surface area contributed by atoms with Crippen molar-refractivity contribution < 1.29 is 9.84 Å². The van der Waals surface area contributed by atoms with Crippen molar-refractivity contribution in [1.29, 1.82) is 0 Å². The summed E-state index contributed by atoms with van der Waals surface area (Å²) in [4.78, 5) is 19.8. The molecule has 0 saturated heterocycles. The van der Waals surface area contributed by atoms with Crippen LogP contribution in [0, 0.1) is 3.57 Å². The number of anilines is 1. The summed E-state index contributed by atoms with van der Waals surface area (Å²) in [6, 6.07) is 0. The van der Waals surface area contributed by atoms with Crippen LogP contribution in [0.15, 0.2) is 11.1 Å². The fourth-order valence-electron chi connectivity index (χ4n) is 1.24. The summed E-state index contributed by atoms with van der Waals surface area (Å²) >= 11 is 1.94. The topological polar surface area (TPSA) is 78.5 Å². The Morgan fingerprint density at radius 3 is 3.00 bits per heavy atom. The summed E-state index contributed by atoms with van der Waals surface area (Å²) < 4.78 is 5.49. The molecule has 1 aromatic heterocycles. The average molecular weight is 339 g/mol. The fraction of sp³-hybridized carbons (Fsp3) is 0.556. The zero-order chi connectivity index (χ0) is 12.0. The van der Waals surface area contributed by atoms with Crippen molar-refractivity contribution in [2.45, 2.75) is 0 Å². The average Bonchev–Trinajstić information content (AvgIpc) is 2.28. The summed E-state index contributed by atoms with van der Waals surface area (Å²) in [5, 5.41) is 8.96. The van der Waals surface area contributed by atoms with E-state index in [0.717, 1.165) is 0 Å². The quantitative estimate of drug-likeness (QED) is 0.703. The van der Waals surface area contributed by atoms with Crippen molar-refractivity contribution in [3.05, 3.63) is 20.3 Å². The first-order valence-corrected chi connectivity index (χ1v) is 5.86. The van der Waals surface area contributed by atoms with Gasteiger partial charge in [-0.25, -0.2) is 4.98 Å². The standard InChI is InChI=1S/C9H14IN3O3/c1-16-5-3-13(2-4-14)8-7(10)9(15)12-6-11-8/h6,14H,2-5H2,1H3,(H,11,12,15). The number of methoxy groups -OCH3 is 1. The second-order valence-corrected chi connectivity index (χ2v) is 4.15. The van der Waals surface area contributed by atoms with Gasteiger partial charge in [0.15, 0.2) is 0 Å². The van der Waals surface area contributed by atoms with Gasteiger partial charge in [0.05, 0.1) is 19.5 Å². The SMILES string of the molecule is COCCN(CCO)c1nc[nH]c(=O)c1I. The van der Waals surface area contributed by atoms with Crippen molar-refractivity contribution in [3.8, 4) is 0 Å². The summed E-state index contributed by atoms with van der Waals surface area (Å²) in [6.07, 6.45) is 1.36. The van der Waals surface area contributed by atoms with Crippen molar-refractivity contribution in [1.82, 2.24) is 9.97 Å². The zero-order valence-electron chi connectivity index (χ0n) is 8.94. The van der Waals surface area contributed by atoms with Crippen LogP contribution in [0.4, 0.5) is 5.82 Å². The number of halogens is 1. The number of aliphatic hydroxyl groups is 1. The van der Waals surface area contributed by atoms with Crippen LogP contribution < -0.4 is 10.5 Å². The molecule has 1 rings (SSSR count). The first-order valence-electron chi connectivity index (χ1n) is 4.78. The van der Waals surface area contributed by atoms with Crippen LogP contribution in [0.5, 0.6) is 0 Å². The summed E-state index contributed by atoms with van der Waals surface area (Å²) in [6.45, 7) is 1.54. The van der Waals surface area contributed by atoms with Gasteiger partial charge in [0.1, 0.15) is 9.39 Å². The number of aromatic amines is 1. The zero-order valence-corrected chi connectivity index (χ0v) is 11.1. The highest BCUT2D eigenvalue weighted by molar-refractivity contribution is 14.1. The van der Waals surface area contributed by atoms with E-state index in [1.165, 1.54) is 6.33 Å². The minimum Gasteiger partial charge on any atom is -0.395 e. The normalized spacial score (nSPS) is 10.4. The molecule has 0 aliphatic heterocycles. The predicted molar refractivity (Wildman–Crippen MR) is 68.7 cm³/mol. The fourth-order valence-corrected chi connectivity index (χ4v) is 1.88. The predicted octanol–water partition coefficient (Wildman–Crippen LogP) is -0.180. The number of hydrogen-bond acceptors (Lipinski definition) is 5. The lowest BCUT2D eigenvalue weighted by molar-refractivity contribution is 0.202. The summed E-state index contributed by atoms with van der Waals surface area (Å²) in [5.41, 5.74) is -0.175. The minimum atomic E-state index is -0.175. The van der Waals surface area contributed by atoms with Crippen LogP contribution in [0.2, 0.25) is 0 Å². The molecule has 0 aromatic carbocycles.